The molecule has 5 nitrogen and oxygen atoms in total. The molecule has 0 rings (SSSR count). The van der Waals surface area contributed by atoms with E-state index in [1.54, 1.807) is 19.9 Å². The SMILES string of the molecule is CC=C(C)C(=O)O.OCCOCCO. The van der Waals surface area contributed by atoms with Gasteiger partial charge in [-0.05, 0) is 13.8 Å². The summed E-state index contributed by atoms with van der Waals surface area (Å²) in [6.07, 6.45) is 1.56. The van der Waals surface area contributed by atoms with Gasteiger partial charge in [-0.15, -0.1) is 0 Å². The van der Waals surface area contributed by atoms with Crippen molar-refractivity contribution in [2.45, 2.75) is 13.8 Å². The quantitative estimate of drug-likeness (QED) is 0.436. The second-order valence-corrected chi connectivity index (χ2v) is 2.34. The second kappa shape index (κ2) is 12.1. The summed E-state index contributed by atoms with van der Waals surface area (Å²) in [5, 5.41) is 24.3. The lowest BCUT2D eigenvalue weighted by Crippen LogP contribution is -2.03. The highest BCUT2D eigenvalue weighted by atomic mass is 16.5. The first-order valence-corrected chi connectivity index (χ1v) is 4.25. The number of rotatable bonds is 5. The molecule has 84 valence electrons. The molecule has 0 spiro atoms. The Kier molecular flexibility index (Phi) is 13.4. The summed E-state index contributed by atoms with van der Waals surface area (Å²) in [5.41, 5.74) is 0.389. The van der Waals surface area contributed by atoms with Gasteiger partial charge in [-0.1, -0.05) is 6.08 Å². The third kappa shape index (κ3) is 13.7. The van der Waals surface area contributed by atoms with Gasteiger partial charge in [0.05, 0.1) is 26.4 Å². The number of aliphatic hydroxyl groups is 2. The van der Waals surface area contributed by atoms with Crippen molar-refractivity contribution in [3.05, 3.63) is 11.6 Å². The van der Waals surface area contributed by atoms with Crippen LogP contribution in [0.25, 0.3) is 0 Å². The van der Waals surface area contributed by atoms with E-state index in [1.165, 1.54) is 0 Å². The number of hydrogen-bond donors (Lipinski definition) is 3. The van der Waals surface area contributed by atoms with Crippen molar-refractivity contribution in [1.29, 1.82) is 0 Å². The van der Waals surface area contributed by atoms with E-state index in [0.717, 1.165) is 0 Å². The second-order valence-electron chi connectivity index (χ2n) is 2.34. The van der Waals surface area contributed by atoms with Gasteiger partial charge in [0.2, 0.25) is 0 Å². The number of aliphatic carboxylic acids is 1. The molecule has 14 heavy (non-hydrogen) atoms. The molecule has 0 amide bonds. The maximum absolute atomic E-state index is 9.86. The van der Waals surface area contributed by atoms with Gasteiger partial charge in [0.25, 0.3) is 0 Å². The average Bonchev–Trinajstić information content (AvgIpc) is 2.18. The van der Waals surface area contributed by atoms with Crippen LogP contribution in [0.3, 0.4) is 0 Å². The zero-order valence-corrected chi connectivity index (χ0v) is 8.56. The van der Waals surface area contributed by atoms with Crippen LogP contribution >= 0.6 is 0 Å². The maximum Gasteiger partial charge on any atom is 0.330 e. The largest absolute Gasteiger partial charge is 0.478 e. The Morgan fingerprint density at radius 1 is 1.29 bits per heavy atom. The first-order valence-electron chi connectivity index (χ1n) is 4.25. The van der Waals surface area contributed by atoms with E-state index >= 15 is 0 Å². The minimum Gasteiger partial charge on any atom is -0.478 e. The van der Waals surface area contributed by atoms with Gasteiger partial charge in [0.1, 0.15) is 0 Å². The van der Waals surface area contributed by atoms with Crippen LogP contribution in [0.4, 0.5) is 0 Å². The number of carboxylic acids is 1. The van der Waals surface area contributed by atoms with Crippen LogP contribution in [0.15, 0.2) is 11.6 Å². The first kappa shape index (κ1) is 15.6. The average molecular weight is 206 g/mol. The lowest BCUT2D eigenvalue weighted by atomic mass is 10.3. The molecule has 0 saturated carbocycles. The predicted octanol–water partition coefficient (Wildman–Crippen LogP) is 0.0248. The Hall–Kier alpha value is -0.910. The highest BCUT2D eigenvalue weighted by Gasteiger charge is 1.93. The summed E-state index contributed by atoms with van der Waals surface area (Å²) in [5.74, 6) is -0.845. The summed E-state index contributed by atoms with van der Waals surface area (Å²) in [6, 6.07) is 0. The normalized spacial score (nSPS) is 10.4. The number of hydrogen-bond acceptors (Lipinski definition) is 4. The lowest BCUT2D eigenvalue weighted by Gasteiger charge is -1.94. The van der Waals surface area contributed by atoms with E-state index in [-0.39, 0.29) is 13.2 Å². The van der Waals surface area contributed by atoms with E-state index in [4.69, 9.17) is 15.3 Å². The number of aliphatic hydroxyl groups excluding tert-OH is 2. The molecule has 0 atom stereocenters. The molecule has 0 aromatic carbocycles. The fraction of sp³-hybridized carbons (Fsp3) is 0.667. The van der Waals surface area contributed by atoms with Gasteiger partial charge in [-0.25, -0.2) is 4.79 Å². The summed E-state index contributed by atoms with van der Waals surface area (Å²) >= 11 is 0. The van der Waals surface area contributed by atoms with Crippen molar-refractivity contribution in [3.63, 3.8) is 0 Å². The predicted molar refractivity (Wildman–Crippen MR) is 52.1 cm³/mol. The van der Waals surface area contributed by atoms with Crippen LogP contribution in [0, 0.1) is 0 Å². The highest BCUT2D eigenvalue weighted by molar-refractivity contribution is 5.85. The van der Waals surface area contributed by atoms with Gasteiger partial charge in [-0.3, -0.25) is 0 Å². The molecule has 0 unspecified atom stereocenters. The summed E-state index contributed by atoms with van der Waals surface area (Å²) < 4.78 is 4.63. The lowest BCUT2D eigenvalue weighted by molar-refractivity contribution is -0.132. The number of carbonyl (C=O) groups is 1. The molecule has 0 aliphatic rings. The van der Waals surface area contributed by atoms with Crippen LogP contribution in [-0.2, 0) is 9.53 Å². The Bertz CT molecular complexity index is 161. The molecule has 0 aliphatic heterocycles. The molecule has 0 saturated heterocycles. The number of carboxylic acid groups (broad SMARTS) is 1. The smallest absolute Gasteiger partial charge is 0.330 e. The van der Waals surface area contributed by atoms with Crippen LogP contribution in [0.1, 0.15) is 13.8 Å². The van der Waals surface area contributed by atoms with Crippen molar-refractivity contribution in [3.8, 4) is 0 Å². The molecule has 0 aromatic rings. The molecular formula is C9H18O5. The Morgan fingerprint density at radius 3 is 1.86 bits per heavy atom. The Morgan fingerprint density at radius 2 is 1.71 bits per heavy atom. The van der Waals surface area contributed by atoms with Gasteiger partial charge < -0.3 is 20.1 Å². The van der Waals surface area contributed by atoms with Gasteiger partial charge in [0.15, 0.2) is 0 Å². The molecule has 0 fully saturated rings. The molecule has 3 N–H and O–H groups in total. The zero-order chi connectivity index (χ0) is 11.4. The van der Waals surface area contributed by atoms with E-state index in [1.807, 2.05) is 0 Å². The van der Waals surface area contributed by atoms with E-state index < -0.39 is 5.97 Å². The molecule has 0 bridgehead atoms. The molecule has 0 radical (unpaired) electrons. The third-order valence-electron chi connectivity index (χ3n) is 1.24. The summed E-state index contributed by atoms with van der Waals surface area (Å²) in [7, 11) is 0. The standard InChI is InChI=1S/C5H8O2.C4H10O3/c1-3-4(2)5(6)7;5-1-3-7-4-2-6/h3H,1-2H3,(H,6,7);5-6H,1-4H2. The zero-order valence-electron chi connectivity index (χ0n) is 8.56. The topological polar surface area (TPSA) is 87.0 Å². The van der Waals surface area contributed by atoms with Crippen LogP contribution in [0.5, 0.6) is 0 Å². The molecule has 5 heteroatoms. The monoisotopic (exact) mass is 206 g/mol. The van der Waals surface area contributed by atoms with Gasteiger partial charge in [0, 0.05) is 5.57 Å². The Labute approximate surface area is 83.6 Å². The highest BCUT2D eigenvalue weighted by Crippen LogP contribution is 1.87. The van der Waals surface area contributed by atoms with Crippen molar-refractivity contribution < 1.29 is 24.9 Å². The molecule has 0 aromatic heterocycles. The summed E-state index contributed by atoms with van der Waals surface area (Å²) in [4.78, 5) is 9.86. The van der Waals surface area contributed by atoms with E-state index in [9.17, 15) is 4.79 Å². The molecule has 0 heterocycles. The van der Waals surface area contributed by atoms with Crippen LogP contribution < -0.4 is 0 Å². The van der Waals surface area contributed by atoms with Crippen LogP contribution in [-0.4, -0.2) is 47.7 Å². The number of ether oxygens (including phenoxy) is 1. The minimum absolute atomic E-state index is 0.0278. The third-order valence-corrected chi connectivity index (χ3v) is 1.24. The van der Waals surface area contributed by atoms with Crippen LogP contribution in [0.2, 0.25) is 0 Å². The summed E-state index contributed by atoms with van der Waals surface area (Å²) in [6.45, 7) is 3.95. The molecule has 0 aliphatic carbocycles. The van der Waals surface area contributed by atoms with Crippen molar-refractivity contribution in [1.82, 2.24) is 0 Å². The first-order chi connectivity index (χ1) is 6.59. The van der Waals surface area contributed by atoms with Gasteiger partial charge >= 0.3 is 5.97 Å². The Balaban J connectivity index is 0. The molecular weight excluding hydrogens is 188 g/mol. The fourth-order valence-electron chi connectivity index (χ4n) is 0.355. The van der Waals surface area contributed by atoms with E-state index in [2.05, 4.69) is 4.74 Å². The fourth-order valence-corrected chi connectivity index (χ4v) is 0.355. The minimum atomic E-state index is -0.845. The van der Waals surface area contributed by atoms with Crippen molar-refractivity contribution in [2.75, 3.05) is 26.4 Å². The maximum atomic E-state index is 9.86. The van der Waals surface area contributed by atoms with Crippen molar-refractivity contribution >= 4 is 5.97 Å². The van der Waals surface area contributed by atoms with E-state index in [0.29, 0.717) is 18.8 Å². The number of allylic oxidation sites excluding steroid dienone is 1. The van der Waals surface area contributed by atoms with Crippen molar-refractivity contribution in [2.24, 2.45) is 0 Å². The van der Waals surface area contributed by atoms with Gasteiger partial charge in [-0.2, -0.15) is 0 Å².